The molecule has 1 heterocycles. The van der Waals surface area contributed by atoms with Crippen molar-refractivity contribution in [1.29, 1.82) is 0 Å². The Morgan fingerprint density at radius 2 is 2.11 bits per heavy atom. The summed E-state index contributed by atoms with van der Waals surface area (Å²) in [5.41, 5.74) is 8.57. The minimum absolute atomic E-state index is 0.606. The Morgan fingerprint density at radius 1 is 1.39 bits per heavy atom. The zero-order chi connectivity index (χ0) is 13.0. The van der Waals surface area contributed by atoms with Crippen molar-refractivity contribution in [3.8, 4) is 0 Å². The standard InChI is InChI=1S/C13H20ClN3O/c1-10-8-12(15)11(14)9-13(10)16-2-3-17-4-6-18-7-5-17/h8-9,16H,2-7,15H2,1H3. The molecule has 1 fully saturated rings. The molecule has 0 spiro atoms. The number of nitrogens with one attached hydrogen (secondary N) is 1. The normalized spacial score (nSPS) is 16.8. The highest BCUT2D eigenvalue weighted by atomic mass is 35.5. The lowest BCUT2D eigenvalue weighted by Crippen LogP contribution is -2.39. The molecule has 2 rings (SSSR count). The number of halogens is 1. The molecule has 0 unspecified atom stereocenters. The van der Waals surface area contributed by atoms with E-state index in [2.05, 4.69) is 10.2 Å². The van der Waals surface area contributed by atoms with Crippen molar-refractivity contribution in [2.24, 2.45) is 0 Å². The Morgan fingerprint density at radius 3 is 2.83 bits per heavy atom. The molecule has 4 nitrogen and oxygen atoms in total. The predicted octanol–water partition coefficient (Wildman–Crippen LogP) is 1.97. The summed E-state index contributed by atoms with van der Waals surface area (Å²) in [5, 5.41) is 4.01. The summed E-state index contributed by atoms with van der Waals surface area (Å²) >= 11 is 6.02. The van der Waals surface area contributed by atoms with Gasteiger partial charge in [-0.3, -0.25) is 4.90 Å². The maximum Gasteiger partial charge on any atom is 0.0656 e. The van der Waals surface area contributed by atoms with Gasteiger partial charge in [0.1, 0.15) is 0 Å². The monoisotopic (exact) mass is 269 g/mol. The molecule has 18 heavy (non-hydrogen) atoms. The van der Waals surface area contributed by atoms with Gasteiger partial charge < -0.3 is 15.8 Å². The average Bonchev–Trinajstić information content (AvgIpc) is 2.37. The van der Waals surface area contributed by atoms with Gasteiger partial charge in [-0.2, -0.15) is 0 Å². The number of anilines is 2. The zero-order valence-corrected chi connectivity index (χ0v) is 11.5. The van der Waals surface area contributed by atoms with Gasteiger partial charge in [-0.05, 0) is 24.6 Å². The van der Waals surface area contributed by atoms with Crippen LogP contribution in [0, 0.1) is 6.92 Å². The molecule has 1 aromatic rings. The number of hydrogen-bond acceptors (Lipinski definition) is 4. The number of rotatable bonds is 4. The summed E-state index contributed by atoms with van der Waals surface area (Å²) in [6.45, 7) is 7.67. The van der Waals surface area contributed by atoms with Gasteiger partial charge >= 0.3 is 0 Å². The molecule has 0 saturated carbocycles. The highest BCUT2D eigenvalue weighted by Gasteiger charge is 2.09. The molecule has 0 bridgehead atoms. The van der Waals surface area contributed by atoms with Crippen LogP contribution in [-0.2, 0) is 4.74 Å². The summed E-state index contributed by atoms with van der Waals surface area (Å²) in [6.07, 6.45) is 0. The van der Waals surface area contributed by atoms with Crippen molar-refractivity contribution in [2.45, 2.75) is 6.92 Å². The van der Waals surface area contributed by atoms with Crippen LogP contribution < -0.4 is 11.1 Å². The fourth-order valence-corrected chi connectivity index (χ4v) is 2.23. The summed E-state index contributed by atoms with van der Waals surface area (Å²) in [7, 11) is 0. The van der Waals surface area contributed by atoms with Crippen LogP contribution in [0.5, 0.6) is 0 Å². The zero-order valence-electron chi connectivity index (χ0n) is 10.7. The first kappa shape index (κ1) is 13.5. The van der Waals surface area contributed by atoms with Crippen molar-refractivity contribution >= 4 is 23.0 Å². The number of ether oxygens (including phenoxy) is 1. The molecule has 0 radical (unpaired) electrons. The largest absolute Gasteiger partial charge is 0.398 e. The first-order valence-corrected chi connectivity index (χ1v) is 6.64. The van der Waals surface area contributed by atoms with Crippen LogP contribution in [0.4, 0.5) is 11.4 Å². The molecule has 1 aliphatic rings. The molecule has 5 heteroatoms. The molecule has 0 atom stereocenters. The van der Waals surface area contributed by atoms with Gasteiger partial charge in [-0.15, -0.1) is 0 Å². The van der Waals surface area contributed by atoms with E-state index in [1.807, 2.05) is 19.1 Å². The van der Waals surface area contributed by atoms with Gasteiger partial charge in [-0.1, -0.05) is 11.6 Å². The average molecular weight is 270 g/mol. The minimum Gasteiger partial charge on any atom is -0.398 e. The van der Waals surface area contributed by atoms with E-state index in [0.29, 0.717) is 10.7 Å². The lowest BCUT2D eigenvalue weighted by Gasteiger charge is -2.26. The fraction of sp³-hybridized carbons (Fsp3) is 0.538. The molecule has 0 aromatic heterocycles. The number of nitrogen functional groups attached to an aromatic ring is 1. The van der Waals surface area contributed by atoms with E-state index >= 15 is 0 Å². The van der Waals surface area contributed by atoms with Crippen LogP contribution in [0.15, 0.2) is 12.1 Å². The third-order valence-corrected chi connectivity index (χ3v) is 3.52. The fourth-order valence-electron chi connectivity index (χ4n) is 2.07. The van der Waals surface area contributed by atoms with Crippen molar-refractivity contribution in [3.05, 3.63) is 22.7 Å². The number of nitrogens with two attached hydrogens (primary N) is 1. The first-order chi connectivity index (χ1) is 8.66. The van der Waals surface area contributed by atoms with E-state index in [9.17, 15) is 0 Å². The summed E-state index contributed by atoms with van der Waals surface area (Å²) in [4.78, 5) is 2.39. The second-order valence-electron chi connectivity index (χ2n) is 4.57. The Kier molecular flexibility index (Phi) is 4.69. The van der Waals surface area contributed by atoms with E-state index in [4.69, 9.17) is 22.1 Å². The third kappa shape index (κ3) is 3.51. The second kappa shape index (κ2) is 6.27. The maximum absolute atomic E-state index is 6.02. The van der Waals surface area contributed by atoms with Gasteiger partial charge in [-0.25, -0.2) is 0 Å². The summed E-state index contributed by atoms with van der Waals surface area (Å²) < 4.78 is 5.32. The molecule has 0 amide bonds. The molecule has 1 saturated heterocycles. The molecular formula is C13H20ClN3O. The van der Waals surface area contributed by atoms with Crippen molar-refractivity contribution in [2.75, 3.05) is 50.4 Å². The first-order valence-electron chi connectivity index (χ1n) is 6.26. The highest BCUT2D eigenvalue weighted by molar-refractivity contribution is 6.33. The van der Waals surface area contributed by atoms with Crippen LogP contribution in [0.25, 0.3) is 0 Å². The van der Waals surface area contributed by atoms with Crippen LogP contribution >= 0.6 is 11.6 Å². The SMILES string of the molecule is Cc1cc(N)c(Cl)cc1NCCN1CCOCC1. The predicted molar refractivity (Wildman–Crippen MR) is 76.4 cm³/mol. The van der Waals surface area contributed by atoms with Crippen molar-refractivity contribution < 1.29 is 4.74 Å². The van der Waals surface area contributed by atoms with E-state index in [1.54, 1.807) is 0 Å². The minimum atomic E-state index is 0.606. The van der Waals surface area contributed by atoms with E-state index in [0.717, 1.165) is 50.6 Å². The Balaban J connectivity index is 1.84. The van der Waals surface area contributed by atoms with Gasteiger partial charge in [0.05, 0.1) is 23.9 Å². The third-order valence-electron chi connectivity index (χ3n) is 3.19. The highest BCUT2D eigenvalue weighted by Crippen LogP contribution is 2.26. The Bertz CT molecular complexity index is 405. The molecule has 3 N–H and O–H groups in total. The van der Waals surface area contributed by atoms with Gasteiger partial charge in [0, 0.05) is 31.9 Å². The number of benzene rings is 1. The van der Waals surface area contributed by atoms with Crippen molar-refractivity contribution in [3.63, 3.8) is 0 Å². The molecular weight excluding hydrogens is 250 g/mol. The van der Waals surface area contributed by atoms with Crippen LogP contribution in [0.1, 0.15) is 5.56 Å². The van der Waals surface area contributed by atoms with Crippen LogP contribution in [-0.4, -0.2) is 44.3 Å². The van der Waals surface area contributed by atoms with Crippen molar-refractivity contribution in [1.82, 2.24) is 4.90 Å². The maximum atomic E-state index is 6.02. The summed E-state index contributed by atoms with van der Waals surface area (Å²) in [5.74, 6) is 0. The van der Waals surface area contributed by atoms with E-state index in [1.165, 1.54) is 0 Å². The van der Waals surface area contributed by atoms with E-state index < -0.39 is 0 Å². The molecule has 100 valence electrons. The quantitative estimate of drug-likeness (QED) is 0.821. The van der Waals surface area contributed by atoms with E-state index in [-0.39, 0.29) is 0 Å². The number of hydrogen-bond donors (Lipinski definition) is 2. The van der Waals surface area contributed by atoms with Gasteiger partial charge in [0.2, 0.25) is 0 Å². The van der Waals surface area contributed by atoms with Crippen LogP contribution in [0.3, 0.4) is 0 Å². The summed E-state index contributed by atoms with van der Waals surface area (Å²) in [6, 6.07) is 3.80. The number of morpholine rings is 1. The second-order valence-corrected chi connectivity index (χ2v) is 4.98. The number of aryl methyl sites for hydroxylation is 1. The van der Waals surface area contributed by atoms with Gasteiger partial charge in [0.25, 0.3) is 0 Å². The molecule has 1 aromatic carbocycles. The van der Waals surface area contributed by atoms with Crippen LogP contribution in [0.2, 0.25) is 5.02 Å². The van der Waals surface area contributed by atoms with Gasteiger partial charge in [0.15, 0.2) is 0 Å². The lowest BCUT2D eigenvalue weighted by molar-refractivity contribution is 0.0398. The molecule has 1 aliphatic heterocycles. The smallest absolute Gasteiger partial charge is 0.0656 e. The number of nitrogens with zero attached hydrogens (tertiary/aromatic N) is 1. The topological polar surface area (TPSA) is 50.5 Å². The Hall–Kier alpha value is -0.970. The molecule has 0 aliphatic carbocycles. The lowest BCUT2D eigenvalue weighted by atomic mass is 10.2. The Labute approximate surface area is 113 Å².